The van der Waals surface area contributed by atoms with E-state index in [0.717, 1.165) is 24.0 Å². The Hall–Kier alpha value is -1.70. The predicted molar refractivity (Wildman–Crippen MR) is 88.2 cm³/mol. The van der Waals surface area contributed by atoms with E-state index in [2.05, 4.69) is 4.72 Å². The molecule has 0 spiro atoms. The molecule has 1 aromatic carbocycles. The molecule has 0 fully saturated rings. The first-order chi connectivity index (χ1) is 10.9. The zero-order valence-corrected chi connectivity index (χ0v) is 14.0. The molecule has 122 valence electrons. The predicted octanol–water partition coefficient (Wildman–Crippen LogP) is 2.07. The molecule has 0 saturated heterocycles. The molecule has 7 heteroatoms. The van der Waals surface area contributed by atoms with Crippen molar-refractivity contribution in [3.8, 4) is 0 Å². The van der Waals surface area contributed by atoms with Gasteiger partial charge in [-0.05, 0) is 46.9 Å². The van der Waals surface area contributed by atoms with Gasteiger partial charge < -0.3 is 5.11 Å². The maximum Gasteiger partial charge on any atom is 0.307 e. The number of sulfonamides is 1. The van der Waals surface area contributed by atoms with Gasteiger partial charge in [-0.25, -0.2) is 13.1 Å². The van der Waals surface area contributed by atoms with E-state index in [1.807, 2.05) is 18.2 Å². The highest BCUT2D eigenvalue weighted by atomic mass is 32.2. The fourth-order valence-corrected chi connectivity index (χ4v) is 5.06. The number of rotatable bonds is 6. The van der Waals surface area contributed by atoms with Gasteiger partial charge in [-0.2, -0.15) is 0 Å². The Morgan fingerprint density at radius 3 is 2.74 bits per heavy atom. The van der Waals surface area contributed by atoms with Gasteiger partial charge >= 0.3 is 5.97 Å². The molecule has 0 aliphatic heterocycles. The van der Waals surface area contributed by atoms with Gasteiger partial charge in [-0.3, -0.25) is 4.79 Å². The van der Waals surface area contributed by atoms with Crippen LogP contribution in [0.15, 0.2) is 39.9 Å². The highest BCUT2D eigenvalue weighted by molar-refractivity contribution is 7.91. The van der Waals surface area contributed by atoms with Crippen LogP contribution in [-0.2, 0) is 34.1 Å². The lowest BCUT2D eigenvalue weighted by Gasteiger charge is -2.10. The summed E-state index contributed by atoms with van der Waals surface area (Å²) in [6.45, 7) is 0.392. The summed E-state index contributed by atoms with van der Waals surface area (Å²) >= 11 is 1.20. The summed E-state index contributed by atoms with van der Waals surface area (Å²) < 4.78 is 27.3. The number of carboxylic acid groups (broad SMARTS) is 1. The van der Waals surface area contributed by atoms with Crippen molar-refractivity contribution in [2.24, 2.45) is 5.92 Å². The number of thiophene rings is 1. The fourth-order valence-electron chi connectivity index (χ4n) is 2.91. The van der Waals surface area contributed by atoms with Crippen molar-refractivity contribution in [1.29, 1.82) is 0 Å². The molecule has 0 amide bonds. The summed E-state index contributed by atoms with van der Waals surface area (Å²) in [5, 5.41) is 10.6. The van der Waals surface area contributed by atoms with Gasteiger partial charge in [0.25, 0.3) is 0 Å². The standard InChI is InChI=1S/C16H17NO4S2/c18-15(19)9-11-3-4-13-7-12(8-14(13)6-11)10-17-23(20,21)16-2-1-5-22-16/h1-6,12,17H,7-10H2,(H,18,19). The van der Waals surface area contributed by atoms with Crippen molar-refractivity contribution in [2.75, 3.05) is 6.54 Å². The van der Waals surface area contributed by atoms with E-state index < -0.39 is 16.0 Å². The topological polar surface area (TPSA) is 83.5 Å². The van der Waals surface area contributed by atoms with Crippen LogP contribution in [0.1, 0.15) is 16.7 Å². The van der Waals surface area contributed by atoms with E-state index in [0.29, 0.717) is 10.8 Å². The average Bonchev–Trinajstić information content (AvgIpc) is 3.13. The molecule has 1 aliphatic carbocycles. The highest BCUT2D eigenvalue weighted by Gasteiger charge is 2.24. The van der Waals surface area contributed by atoms with Gasteiger partial charge in [-0.1, -0.05) is 24.3 Å². The first-order valence-electron chi connectivity index (χ1n) is 7.30. The van der Waals surface area contributed by atoms with Crippen LogP contribution in [0.5, 0.6) is 0 Å². The lowest BCUT2D eigenvalue weighted by molar-refractivity contribution is -0.136. The average molecular weight is 351 g/mol. The van der Waals surface area contributed by atoms with Crippen molar-refractivity contribution >= 4 is 27.3 Å². The zero-order chi connectivity index (χ0) is 16.4. The molecular formula is C16H17NO4S2. The second-order valence-electron chi connectivity index (χ2n) is 5.73. The molecule has 1 unspecified atom stereocenters. The fraction of sp³-hybridized carbons (Fsp3) is 0.312. The van der Waals surface area contributed by atoms with Gasteiger partial charge in [0.1, 0.15) is 4.21 Å². The number of aliphatic carboxylic acids is 1. The second-order valence-corrected chi connectivity index (χ2v) is 8.67. The van der Waals surface area contributed by atoms with E-state index >= 15 is 0 Å². The first kappa shape index (κ1) is 16.2. The van der Waals surface area contributed by atoms with Gasteiger partial charge in [0.05, 0.1) is 6.42 Å². The molecule has 23 heavy (non-hydrogen) atoms. The first-order valence-corrected chi connectivity index (χ1v) is 9.66. The lowest BCUT2D eigenvalue weighted by atomic mass is 10.0. The second kappa shape index (κ2) is 6.43. The van der Waals surface area contributed by atoms with E-state index in [9.17, 15) is 13.2 Å². The number of carbonyl (C=O) groups is 1. The minimum atomic E-state index is -3.43. The Labute approximate surface area is 139 Å². The third-order valence-corrected chi connectivity index (χ3v) is 6.79. The van der Waals surface area contributed by atoms with Crippen molar-refractivity contribution < 1.29 is 18.3 Å². The van der Waals surface area contributed by atoms with E-state index in [-0.39, 0.29) is 12.3 Å². The minimum Gasteiger partial charge on any atom is -0.481 e. The van der Waals surface area contributed by atoms with Crippen LogP contribution in [0.3, 0.4) is 0 Å². The number of hydrogen-bond acceptors (Lipinski definition) is 4. The number of fused-ring (bicyclic) bond motifs is 1. The van der Waals surface area contributed by atoms with Crippen molar-refractivity contribution in [1.82, 2.24) is 4.72 Å². The van der Waals surface area contributed by atoms with E-state index in [1.165, 1.54) is 16.9 Å². The summed E-state index contributed by atoms with van der Waals surface area (Å²) in [5.74, 6) is -0.636. The van der Waals surface area contributed by atoms with Crippen LogP contribution in [0, 0.1) is 5.92 Å². The molecule has 0 radical (unpaired) electrons. The van der Waals surface area contributed by atoms with Crippen molar-refractivity contribution in [3.05, 3.63) is 52.4 Å². The van der Waals surface area contributed by atoms with Crippen LogP contribution in [-0.4, -0.2) is 26.0 Å². The molecule has 0 saturated carbocycles. The normalized spacial score (nSPS) is 17.1. The Kier molecular flexibility index (Phi) is 4.52. The number of nitrogens with one attached hydrogen (secondary N) is 1. The molecule has 1 heterocycles. The molecule has 2 aromatic rings. The van der Waals surface area contributed by atoms with Crippen molar-refractivity contribution in [2.45, 2.75) is 23.5 Å². The van der Waals surface area contributed by atoms with E-state index in [4.69, 9.17) is 5.11 Å². The quantitative estimate of drug-likeness (QED) is 0.834. The molecule has 2 N–H and O–H groups in total. The molecule has 1 aliphatic rings. The lowest BCUT2D eigenvalue weighted by Crippen LogP contribution is -2.29. The molecule has 0 bridgehead atoms. The third kappa shape index (κ3) is 3.80. The number of carboxylic acids is 1. The Morgan fingerprint density at radius 2 is 2.04 bits per heavy atom. The summed E-state index contributed by atoms with van der Waals surface area (Å²) in [5.41, 5.74) is 3.10. The van der Waals surface area contributed by atoms with Crippen LogP contribution < -0.4 is 4.72 Å². The molecule has 5 nitrogen and oxygen atoms in total. The summed E-state index contributed by atoms with van der Waals surface area (Å²) in [6, 6.07) is 9.03. The monoisotopic (exact) mass is 351 g/mol. The van der Waals surface area contributed by atoms with E-state index in [1.54, 1.807) is 17.5 Å². The summed E-state index contributed by atoms with van der Waals surface area (Å²) in [7, 11) is -3.43. The van der Waals surface area contributed by atoms with Crippen LogP contribution in [0.4, 0.5) is 0 Å². The highest BCUT2D eigenvalue weighted by Crippen LogP contribution is 2.28. The van der Waals surface area contributed by atoms with Gasteiger partial charge in [0.15, 0.2) is 0 Å². The minimum absolute atomic E-state index is 0.0168. The largest absolute Gasteiger partial charge is 0.481 e. The number of hydrogen-bond donors (Lipinski definition) is 2. The van der Waals surface area contributed by atoms with Crippen LogP contribution in [0.2, 0.25) is 0 Å². The molecule has 1 atom stereocenters. The maximum atomic E-state index is 12.1. The number of benzene rings is 1. The zero-order valence-electron chi connectivity index (χ0n) is 12.4. The molecule has 1 aromatic heterocycles. The van der Waals surface area contributed by atoms with Crippen molar-refractivity contribution in [3.63, 3.8) is 0 Å². The van der Waals surface area contributed by atoms with Crippen LogP contribution >= 0.6 is 11.3 Å². The summed E-state index contributed by atoms with van der Waals surface area (Å²) in [4.78, 5) is 10.8. The smallest absolute Gasteiger partial charge is 0.307 e. The molecular weight excluding hydrogens is 334 g/mol. The Balaban J connectivity index is 1.63. The van der Waals surface area contributed by atoms with Crippen LogP contribution in [0.25, 0.3) is 0 Å². The Morgan fingerprint density at radius 1 is 1.26 bits per heavy atom. The van der Waals surface area contributed by atoms with Gasteiger partial charge in [0, 0.05) is 6.54 Å². The van der Waals surface area contributed by atoms with Gasteiger partial charge in [0.2, 0.25) is 10.0 Å². The maximum absolute atomic E-state index is 12.1. The Bertz CT molecular complexity index is 813. The third-order valence-electron chi connectivity index (χ3n) is 3.97. The molecule has 3 rings (SSSR count). The van der Waals surface area contributed by atoms with Gasteiger partial charge in [-0.15, -0.1) is 11.3 Å². The summed E-state index contributed by atoms with van der Waals surface area (Å²) in [6.07, 6.45) is 1.61. The SMILES string of the molecule is O=C(O)Cc1ccc2c(c1)CC(CNS(=O)(=O)c1cccs1)C2.